The van der Waals surface area contributed by atoms with Crippen molar-refractivity contribution in [3.63, 3.8) is 0 Å². The van der Waals surface area contributed by atoms with Gasteiger partial charge in [0.05, 0.1) is 0 Å². The molecule has 322 valence electrons. The van der Waals surface area contributed by atoms with E-state index in [1.807, 2.05) is 6.07 Å². The van der Waals surface area contributed by atoms with Gasteiger partial charge >= 0.3 is 0 Å². The Morgan fingerprint density at radius 1 is 0.303 bits per heavy atom. The van der Waals surface area contributed by atoms with Crippen LogP contribution in [0.1, 0.15) is 55.0 Å². The van der Waals surface area contributed by atoms with Crippen molar-refractivity contribution in [2.75, 3.05) is 0 Å². The Balaban J connectivity index is 0.000000143. The van der Waals surface area contributed by atoms with Crippen LogP contribution in [0, 0.1) is 13.8 Å². The molecule has 1 aliphatic rings. The van der Waals surface area contributed by atoms with Crippen LogP contribution in [-0.4, -0.2) is 0 Å². The molecule has 0 heteroatoms. The summed E-state index contributed by atoms with van der Waals surface area (Å²) in [6.07, 6.45) is 2.37. The first-order valence-corrected chi connectivity index (χ1v) is 23.5. The molecule has 0 nitrogen and oxygen atoms in total. The number of fused-ring (bicyclic) bond motifs is 4. The minimum Gasteiger partial charge on any atom is -0.0651 e. The third kappa shape index (κ3) is 9.75. The van der Waals surface area contributed by atoms with Gasteiger partial charge in [-0.25, -0.2) is 0 Å². The average molecular weight is 851 g/mol. The topological polar surface area (TPSA) is 0 Å². The summed E-state index contributed by atoms with van der Waals surface area (Å²) in [5.74, 6) is 0. The van der Waals surface area contributed by atoms with E-state index in [1.54, 1.807) is 0 Å². The molecule has 0 aliphatic heterocycles. The Kier molecular flexibility index (Phi) is 13.0. The second-order valence-corrected chi connectivity index (χ2v) is 18.2. The molecule has 0 atom stereocenters. The summed E-state index contributed by atoms with van der Waals surface area (Å²) in [4.78, 5) is 0. The fourth-order valence-electron chi connectivity index (χ4n) is 9.27. The van der Waals surface area contributed by atoms with Crippen LogP contribution in [0.4, 0.5) is 0 Å². The second kappa shape index (κ2) is 19.7. The summed E-state index contributed by atoms with van der Waals surface area (Å²) in [5, 5.41) is 2.60. The number of rotatable bonds is 7. The van der Waals surface area contributed by atoms with Crippen molar-refractivity contribution in [2.24, 2.45) is 0 Å². The summed E-state index contributed by atoms with van der Waals surface area (Å²) in [5.41, 5.74) is 22.4. The van der Waals surface area contributed by atoms with Gasteiger partial charge in [0.25, 0.3) is 0 Å². The van der Waals surface area contributed by atoms with E-state index in [4.69, 9.17) is 0 Å². The van der Waals surface area contributed by atoms with E-state index in [1.165, 1.54) is 112 Å². The maximum absolute atomic E-state index is 2.40. The van der Waals surface area contributed by atoms with Gasteiger partial charge < -0.3 is 0 Å². The molecular weight excluding hydrogens is 793 g/mol. The molecule has 66 heavy (non-hydrogen) atoms. The summed E-state index contributed by atoms with van der Waals surface area (Å²) in [6.45, 7) is 11.2. The van der Waals surface area contributed by atoms with Crippen molar-refractivity contribution in [2.45, 2.75) is 52.9 Å². The molecule has 0 unspecified atom stereocenters. The van der Waals surface area contributed by atoms with Gasteiger partial charge in [-0.2, -0.15) is 0 Å². The number of benzene rings is 10. The van der Waals surface area contributed by atoms with Crippen molar-refractivity contribution in [3.8, 4) is 66.8 Å². The minimum atomic E-state index is 0.0210. The standard InChI is InChI=1S/C34H28.C19H18.C13H12/c1-23-9-19-30-31-20-18-29(22-33(31)34(2,3)32(30)21-23)28-16-14-27(15-17-28)26-12-10-25(11-13-26)24-7-5-4-6-8-24;1-2-5-15-8-10-17(11-9-15)19-13-12-16-6-3-4-7-18(16)14-19;1-11-7-9-13(10-8-11)12-5-3-2-4-6-12/h4-22H,1-3H3;3-4,6-14H,2,5H2,1H3;2-10H,1H3. The van der Waals surface area contributed by atoms with Crippen LogP contribution < -0.4 is 0 Å². The van der Waals surface area contributed by atoms with E-state index in [0.29, 0.717) is 0 Å². The van der Waals surface area contributed by atoms with E-state index in [9.17, 15) is 0 Å². The molecule has 0 radical (unpaired) electrons. The summed E-state index contributed by atoms with van der Waals surface area (Å²) in [6, 6.07) is 85.4. The Labute approximate surface area is 392 Å². The van der Waals surface area contributed by atoms with Gasteiger partial charge in [-0.05, 0) is 127 Å². The van der Waals surface area contributed by atoms with Gasteiger partial charge in [-0.15, -0.1) is 0 Å². The molecule has 0 N–H and O–H groups in total. The van der Waals surface area contributed by atoms with Gasteiger partial charge in [-0.3, -0.25) is 0 Å². The monoisotopic (exact) mass is 850 g/mol. The van der Waals surface area contributed by atoms with Crippen LogP contribution in [0.2, 0.25) is 0 Å². The molecule has 1 aliphatic carbocycles. The van der Waals surface area contributed by atoms with E-state index < -0.39 is 0 Å². The zero-order valence-corrected chi connectivity index (χ0v) is 38.9. The van der Waals surface area contributed by atoms with E-state index in [0.717, 1.165) is 6.42 Å². The van der Waals surface area contributed by atoms with Crippen LogP contribution in [0.15, 0.2) is 237 Å². The lowest BCUT2D eigenvalue weighted by Gasteiger charge is -2.22. The predicted molar refractivity (Wildman–Crippen MR) is 285 cm³/mol. The van der Waals surface area contributed by atoms with Crippen molar-refractivity contribution in [1.82, 2.24) is 0 Å². The summed E-state index contributed by atoms with van der Waals surface area (Å²) in [7, 11) is 0. The van der Waals surface area contributed by atoms with Crippen molar-refractivity contribution in [3.05, 3.63) is 264 Å². The lowest BCUT2D eigenvalue weighted by Crippen LogP contribution is -2.15. The molecule has 0 spiro atoms. The Bertz CT molecular complexity index is 3170. The molecule has 10 aromatic rings. The number of aryl methyl sites for hydroxylation is 3. The van der Waals surface area contributed by atoms with Crippen LogP contribution in [0.3, 0.4) is 0 Å². The first-order chi connectivity index (χ1) is 32.2. The summed E-state index contributed by atoms with van der Waals surface area (Å²) < 4.78 is 0. The van der Waals surface area contributed by atoms with Crippen molar-refractivity contribution < 1.29 is 0 Å². The molecule has 10 aromatic carbocycles. The molecule has 0 saturated carbocycles. The van der Waals surface area contributed by atoms with E-state index >= 15 is 0 Å². The van der Waals surface area contributed by atoms with Crippen LogP contribution in [-0.2, 0) is 11.8 Å². The smallest absolute Gasteiger partial charge is 0.0159 e. The van der Waals surface area contributed by atoms with E-state index in [2.05, 4.69) is 265 Å². The summed E-state index contributed by atoms with van der Waals surface area (Å²) >= 11 is 0. The minimum absolute atomic E-state index is 0.0210. The fraction of sp³-hybridized carbons (Fsp3) is 0.121. The molecule has 0 heterocycles. The number of hydrogen-bond donors (Lipinski definition) is 0. The molecule has 11 rings (SSSR count). The SMILES string of the molecule is CCCc1ccc(-c2ccc3ccccc3c2)cc1.Cc1ccc(-c2ccccc2)cc1.Cc1ccc2c(c1)C(C)(C)c1cc(-c3ccc(-c4ccc(-c5ccccc5)cc4)cc3)ccc1-2. The third-order valence-corrected chi connectivity index (χ3v) is 13.1. The zero-order chi connectivity index (χ0) is 45.5. The first-order valence-electron chi connectivity index (χ1n) is 23.5. The molecule has 0 saturated heterocycles. The lowest BCUT2D eigenvalue weighted by atomic mass is 9.81. The van der Waals surface area contributed by atoms with Gasteiger partial charge in [0.2, 0.25) is 0 Å². The molecule has 0 aromatic heterocycles. The molecular formula is C66H58. The Morgan fingerprint density at radius 2 is 0.667 bits per heavy atom. The lowest BCUT2D eigenvalue weighted by molar-refractivity contribution is 0.660. The predicted octanol–water partition coefficient (Wildman–Crippen LogP) is 18.4. The highest BCUT2D eigenvalue weighted by Gasteiger charge is 2.35. The van der Waals surface area contributed by atoms with E-state index in [-0.39, 0.29) is 5.41 Å². The fourth-order valence-corrected chi connectivity index (χ4v) is 9.27. The van der Waals surface area contributed by atoms with Gasteiger partial charge in [-0.1, -0.05) is 263 Å². The molecule has 0 fully saturated rings. The normalized spacial score (nSPS) is 12.0. The highest BCUT2D eigenvalue weighted by atomic mass is 14.4. The quantitative estimate of drug-likeness (QED) is 0.150. The van der Waals surface area contributed by atoms with Gasteiger partial charge in [0, 0.05) is 5.41 Å². The van der Waals surface area contributed by atoms with Crippen LogP contribution >= 0.6 is 0 Å². The average Bonchev–Trinajstić information content (AvgIpc) is 3.59. The van der Waals surface area contributed by atoms with Crippen LogP contribution in [0.25, 0.3) is 77.5 Å². The van der Waals surface area contributed by atoms with Crippen molar-refractivity contribution >= 4 is 10.8 Å². The molecule has 0 bridgehead atoms. The van der Waals surface area contributed by atoms with Gasteiger partial charge in [0.1, 0.15) is 0 Å². The van der Waals surface area contributed by atoms with Crippen LogP contribution in [0.5, 0.6) is 0 Å². The first kappa shape index (κ1) is 43.7. The highest BCUT2D eigenvalue weighted by Crippen LogP contribution is 2.50. The Hall–Kier alpha value is -7.54. The zero-order valence-electron chi connectivity index (χ0n) is 38.9. The largest absolute Gasteiger partial charge is 0.0651 e. The maximum atomic E-state index is 2.40. The Morgan fingerprint density at radius 3 is 1.20 bits per heavy atom. The van der Waals surface area contributed by atoms with Gasteiger partial charge in [0.15, 0.2) is 0 Å². The molecule has 0 amide bonds. The third-order valence-electron chi connectivity index (χ3n) is 13.1. The second-order valence-electron chi connectivity index (χ2n) is 18.2. The van der Waals surface area contributed by atoms with Crippen molar-refractivity contribution in [1.29, 1.82) is 0 Å². The highest BCUT2D eigenvalue weighted by molar-refractivity contribution is 5.87. The number of hydrogen-bond acceptors (Lipinski definition) is 0. The maximum Gasteiger partial charge on any atom is 0.0159 e.